The van der Waals surface area contributed by atoms with Crippen LogP contribution in [0.4, 0.5) is 5.69 Å². The first-order valence-electron chi connectivity index (χ1n) is 6.26. The predicted octanol–water partition coefficient (Wildman–Crippen LogP) is 2.92. The van der Waals surface area contributed by atoms with Gasteiger partial charge in [0.05, 0.1) is 16.8 Å². The Kier molecular flexibility index (Phi) is 3.54. The first-order valence-corrected chi connectivity index (χ1v) is 7.08. The maximum atomic E-state index is 8.77. The summed E-state index contributed by atoms with van der Waals surface area (Å²) >= 11 is 1.61. The second kappa shape index (κ2) is 5.48. The largest absolute Gasteiger partial charge is 0.491 e. The number of nitrogens with zero attached hydrogens (tertiary/aromatic N) is 1. The summed E-state index contributed by atoms with van der Waals surface area (Å²) in [5, 5.41) is 9.73. The zero-order valence-corrected chi connectivity index (χ0v) is 11.6. The third-order valence-electron chi connectivity index (χ3n) is 2.88. The number of aliphatic hydroxyl groups is 1. The number of ether oxygens (including phenoxy) is 1. The van der Waals surface area contributed by atoms with Crippen molar-refractivity contribution in [1.29, 1.82) is 0 Å². The molecule has 0 aliphatic carbocycles. The van der Waals surface area contributed by atoms with Crippen molar-refractivity contribution in [3.63, 3.8) is 0 Å². The number of aromatic nitrogens is 1. The molecular formula is C15H14N2O2S. The van der Waals surface area contributed by atoms with E-state index in [1.165, 1.54) is 0 Å². The maximum Gasteiger partial charge on any atom is 0.124 e. The Labute approximate surface area is 120 Å². The average Bonchev–Trinajstić information content (AvgIpc) is 2.89. The summed E-state index contributed by atoms with van der Waals surface area (Å²) in [6, 6.07) is 13.4. The topological polar surface area (TPSA) is 68.4 Å². The highest BCUT2D eigenvalue weighted by molar-refractivity contribution is 7.21. The predicted molar refractivity (Wildman–Crippen MR) is 82.0 cm³/mol. The van der Waals surface area contributed by atoms with Crippen molar-refractivity contribution in [3.8, 4) is 16.3 Å². The van der Waals surface area contributed by atoms with Gasteiger partial charge in [0.25, 0.3) is 0 Å². The number of thiazole rings is 1. The van der Waals surface area contributed by atoms with Crippen molar-refractivity contribution in [2.45, 2.75) is 0 Å². The maximum absolute atomic E-state index is 8.77. The van der Waals surface area contributed by atoms with E-state index in [9.17, 15) is 0 Å². The SMILES string of the molecule is Nc1ccc(-c2nc3ccc(OCCO)cc3s2)cc1. The molecule has 0 unspecified atom stereocenters. The molecule has 0 spiro atoms. The quantitative estimate of drug-likeness (QED) is 0.724. The molecule has 102 valence electrons. The Balaban J connectivity index is 1.95. The van der Waals surface area contributed by atoms with Gasteiger partial charge in [-0.1, -0.05) is 0 Å². The van der Waals surface area contributed by atoms with Crippen molar-refractivity contribution >= 4 is 27.2 Å². The second-order valence-corrected chi connectivity index (χ2v) is 5.37. The molecule has 3 aromatic rings. The summed E-state index contributed by atoms with van der Waals surface area (Å²) in [5.74, 6) is 0.749. The molecule has 0 bridgehead atoms. The molecule has 0 saturated carbocycles. The summed E-state index contributed by atoms with van der Waals surface area (Å²) < 4.78 is 6.47. The minimum absolute atomic E-state index is 0.0113. The molecule has 0 aliphatic rings. The second-order valence-electron chi connectivity index (χ2n) is 4.34. The van der Waals surface area contributed by atoms with Gasteiger partial charge in [-0.25, -0.2) is 4.98 Å². The number of nitrogens with two attached hydrogens (primary N) is 1. The first-order chi connectivity index (χ1) is 9.76. The highest BCUT2D eigenvalue weighted by Gasteiger charge is 2.07. The van der Waals surface area contributed by atoms with Crippen LogP contribution in [0.2, 0.25) is 0 Å². The standard InChI is InChI=1S/C15H14N2O2S/c16-11-3-1-10(2-4-11)15-17-13-6-5-12(19-8-7-18)9-14(13)20-15/h1-6,9,18H,7-8,16H2. The van der Waals surface area contributed by atoms with Crippen LogP contribution in [0.25, 0.3) is 20.8 Å². The molecule has 1 heterocycles. The molecule has 0 fully saturated rings. The molecule has 0 aliphatic heterocycles. The molecular weight excluding hydrogens is 272 g/mol. The smallest absolute Gasteiger partial charge is 0.124 e. The average molecular weight is 286 g/mol. The van der Waals surface area contributed by atoms with Gasteiger partial charge in [-0.05, 0) is 42.5 Å². The van der Waals surface area contributed by atoms with Crippen LogP contribution in [0, 0.1) is 0 Å². The number of rotatable bonds is 4. The van der Waals surface area contributed by atoms with Gasteiger partial charge in [0, 0.05) is 11.3 Å². The Morgan fingerprint density at radius 2 is 1.95 bits per heavy atom. The first kappa shape index (κ1) is 12.9. The number of hydrogen-bond donors (Lipinski definition) is 2. The Bertz CT molecular complexity index is 722. The molecule has 0 saturated heterocycles. The minimum atomic E-state index is 0.0113. The number of anilines is 1. The van der Waals surface area contributed by atoms with Crippen LogP contribution in [0.15, 0.2) is 42.5 Å². The number of aliphatic hydroxyl groups excluding tert-OH is 1. The summed E-state index contributed by atoms with van der Waals surface area (Å²) in [6.07, 6.45) is 0. The van der Waals surface area contributed by atoms with E-state index >= 15 is 0 Å². The lowest BCUT2D eigenvalue weighted by molar-refractivity contribution is 0.201. The third-order valence-corrected chi connectivity index (χ3v) is 3.94. The molecule has 20 heavy (non-hydrogen) atoms. The van der Waals surface area contributed by atoms with E-state index in [1.807, 2.05) is 42.5 Å². The summed E-state index contributed by atoms with van der Waals surface area (Å²) in [5.41, 5.74) is 8.43. The molecule has 0 atom stereocenters. The third kappa shape index (κ3) is 2.59. The summed E-state index contributed by atoms with van der Waals surface area (Å²) in [7, 11) is 0. The van der Waals surface area contributed by atoms with Crippen molar-refractivity contribution in [1.82, 2.24) is 4.98 Å². The van der Waals surface area contributed by atoms with Gasteiger partial charge >= 0.3 is 0 Å². The van der Waals surface area contributed by atoms with E-state index in [0.717, 1.165) is 32.2 Å². The molecule has 0 amide bonds. The Morgan fingerprint density at radius 1 is 1.15 bits per heavy atom. The van der Waals surface area contributed by atoms with Crippen LogP contribution >= 0.6 is 11.3 Å². The molecule has 3 N–H and O–H groups in total. The fraction of sp³-hybridized carbons (Fsp3) is 0.133. The van der Waals surface area contributed by atoms with E-state index in [0.29, 0.717) is 6.61 Å². The Hall–Kier alpha value is -2.11. The fourth-order valence-electron chi connectivity index (χ4n) is 1.91. The van der Waals surface area contributed by atoms with E-state index in [2.05, 4.69) is 4.98 Å². The van der Waals surface area contributed by atoms with E-state index in [-0.39, 0.29) is 6.61 Å². The number of benzene rings is 2. The van der Waals surface area contributed by atoms with Crippen LogP contribution in [0.1, 0.15) is 0 Å². The summed E-state index contributed by atoms with van der Waals surface area (Å²) in [4.78, 5) is 4.61. The molecule has 3 rings (SSSR count). The summed E-state index contributed by atoms with van der Waals surface area (Å²) in [6.45, 7) is 0.312. The molecule has 0 radical (unpaired) electrons. The van der Waals surface area contributed by atoms with Crippen molar-refractivity contribution in [3.05, 3.63) is 42.5 Å². The lowest BCUT2D eigenvalue weighted by atomic mass is 10.2. The van der Waals surface area contributed by atoms with Crippen LogP contribution in [0.5, 0.6) is 5.75 Å². The molecule has 1 aromatic heterocycles. The van der Waals surface area contributed by atoms with Crippen molar-refractivity contribution in [2.24, 2.45) is 0 Å². The van der Waals surface area contributed by atoms with Crippen molar-refractivity contribution in [2.75, 3.05) is 18.9 Å². The van der Waals surface area contributed by atoms with E-state index in [4.69, 9.17) is 15.6 Å². The van der Waals surface area contributed by atoms with Crippen LogP contribution in [-0.4, -0.2) is 23.3 Å². The van der Waals surface area contributed by atoms with Gasteiger partial charge in [-0.15, -0.1) is 11.3 Å². The highest BCUT2D eigenvalue weighted by atomic mass is 32.1. The van der Waals surface area contributed by atoms with Crippen LogP contribution in [0.3, 0.4) is 0 Å². The molecule has 2 aromatic carbocycles. The van der Waals surface area contributed by atoms with Crippen LogP contribution in [-0.2, 0) is 0 Å². The zero-order chi connectivity index (χ0) is 13.9. The molecule has 5 heteroatoms. The monoisotopic (exact) mass is 286 g/mol. The van der Waals surface area contributed by atoms with Gasteiger partial charge in [0.15, 0.2) is 0 Å². The fourth-order valence-corrected chi connectivity index (χ4v) is 2.91. The number of nitrogen functional groups attached to an aromatic ring is 1. The van der Waals surface area contributed by atoms with E-state index in [1.54, 1.807) is 11.3 Å². The lowest BCUT2D eigenvalue weighted by Crippen LogP contribution is -2.00. The number of fused-ring (bicyclic) bond motifs is 1. The highest BCUT2D eigenvalue weighted by Crippen LogP contribution is 2.32. The number of hydrogen-bond acceptors (Lipinski definition) is 5. The normalized spacial score (nSPS) is 10.8. The molecule has 4 nitrogen and oxygen atoms in total. The zero-order valence-electron chi connectivity index (χ0n) is 10.7. The van der Waals surface area contributed by atoms with Gasteiger partial charge in [0.1, 0.15) is 17.4 Å². The minimum Gasteiger partial charge on any atom is -0.491 e. The Morgan fingerprint density at radius 3 is 2.70 bits per heavy atom. The lowest BCUT2D eigenvalue weighted by Gasteiger charge is -2.02. The van der Waals surface area contributed by atoms with Crippen LogP contribution < -0.4 is 10.5 Å². The van der Waals surface area contributed by atoms with Gasteiger partial charge < -0.3 is 15.6 Å². The van der Waals surface area contributed by atoms with Gasteiger partial charge in [-0.2, -0.15) is 0 Å². The van der Waals surface area contributed by atoms with Gasteiger partial charge in [0.2, 0.25) is 0 Å². The van der Waals surface area contributed by atoms with E-state index < -0.39 is 0 Å². The van der Waals surface area contributed by atoms with Crippen molar-refractivity contribution < 1.29 is 9.84 Å². The van der Waals surface area contributed by atoms with Gasteiger partial charge in [-0.3, -0.25) is 0 Å².